The van der Waals surface area contributed by atoms with Crippen LogP contribution in [0.5, 0.6) is 5.88 Å². The van der Waals surface area contributed by atoms with Gasteiger partial charge in [0.25, 0.3) is 0 Å². The maximum absolute atomic E-state index is 10.0. The van der Waals surface area contributed by atoms with Gasteiger partial charge in [-0.15, -0.1) is 0 Å². The smallest absolute Gasteiger partial charge is 0.213 e. The van der Waals surface area contributed by atoms with Gasteiger partial charge < -0.3 is 24.4 Å². The number of ether oxygens (including phenoxy) is 2. The average Bonchev–Trinajstić information content (AvgIpc) is 3.15. The largest absolute Gasteiger partial charge is 0.473 e. The van der Waals surface area contributed by atoms with E-state index in [1.807, 2.05) is 32.0 Å². The van der Waals surface area contributed by atoms with E-state index in [9.17, 15) is 5.11 Å². The Kier molecular flexibility index (Phi) is 6.29. The predicted octanol–water partition coefficient (Wildman–Crippen LogP) is 3.04. The van der Waals surface area contributed by atoms with Gasteiger partial charge in [-0.05, 0) is 38.5 Å². The molecule has 0 bridgehead atoms. The van der Waals surface area contributed by atoms with Gasteiger partial charge in [0, 0.05) is 47.6 Å². The highest BCUT2D eigenvalue weighted by molar-refractivity contribution is 5.63. The first-order chi connectivity index (χ1) is 15.0. The molecule has 0 aliphatic carbocycles. The molecule has 0 aromatic carbocycles. The fraction of sp³-hybridized carbons (Fsp3) is 0.348. The molecule has 3 aromatic heterocycles. The Morgan fingerprint density at radius 2 is 2.10 bits per heavy atom. The van der Waals surface area contributed by atoms with Gasteiger partial charge in [-0.3, -0.25) is 4.98 Å². The second-order valence-corrected chi connectivity index (χ2v) is 7.59. The molecule has 162 valence electrons. The molecule has 0 radical (unpaired) electrons. The number of hydrogen-bond acceptors (Lipinski definition) is 8. The lowest BCUT2D eigenvalue weighted by molar-refractivity contribution is -0.0237. The number of nitrogens with zero attached hydrogens (tertiary/aromatic N) is 3. The van der Waals surface area contributed by atoms with Gasteiger partial charge in [0.1, 0.15) is 18.1 Å². The predicted molar refractivity (Wildman–Crippen MR) is 115 cm³/mol. The molecule has 0 amide bonds. The van der Waals surface area contributed by atoms with E-state index in [0.29, 0.717) is 36.2 Å². The summed E-state index contributed by atoms with van der Waals surface area (Å²) in [7, 11) is 0. The van der Waals surface area contributed by atoms with Gasteiger partial charge in [-0.2, -0.15) is 0 Å². The highest BCUT2D eigenvalue weighted by atomic mass is 16.5. The van der Waals surface area contributed by atoms with E-state index >= 15 is 0 Å². The van der Waals surface area contributed by atoms with Crippen LogP contribution < -0.4 is 10.1 Å². The molecule has 2 N–H and O–H groups in total. The Balaban J connectivity index is 1.39. The summed E-state index contributed by atoms with van der Waals surface area (Å²) in [5, 5.41) is 17.5. The minimum Gasteiger partial charge on any atom is -0.473 e. The van der Waals surface area contributed by atoms with E-state index in [-0.39, 0.29) is 12.6 Å². The summed E-state index contributed by atoms with van der Waals surface area (Å²) in [5.74, 6) is 1.18. The van der Waals surface area contributed by atoms with Crippen LogP contribution in [0.2, 0.25) is 0 Å². The SMILES string of the molecule is C=C(N[C@H]1CCOC[C@@H]1O)c1ccc(OCc2c(-c3ccc(C)nc3)noc2C)nc1. The number of nitrogens with one attached hydrogen (secondary N) is 1. The molecular weight excluding hydrogens is 396 g/mol. The molecule has 0 unspecified atom stereocenters. The monoisotopic (exact) mass is 422 g/mol. The third kappa shape index (κ3) is 4.92. The third-order valence-electron chi connectivity index (χ3n) is 5.30. The van der Waals surface area contributed by atoms with Crippen molar-refractivity contribution in [1.29, 1.82) is 0 Å². The molecule has 1 aliphatic heterocycles. The van der Waals surface area contributed by atoms with Crippen molar-refractivity contribution in [2.75, 3.05) is 13.2 Å². The fourth-order valence-electron chi connectivity index (χ4n) is 3.38. The van der Waals surface area contributed by atoms with Crippen LogP contribution in [-0.2, 0) is 11.3 Å². The minimum absolute atomic E-state index is 0.0802. The van der Waals surface area contributed by atoms with Crippen LogP contribution in [0.1, 0.15) is 29.0 Å². The number of pyridine rings is 2. The molecule has 0 saturated carbocycles. The van der Waals surface area contributed by atoms with Crippen molar-refractivity contribution in [2.45, 2.75) is 39.0 Å². The molecule has 1 saturated heterocycles. The second-order valence-electron chi connectivity index (χ2n) is 7.59. The van der Waals surface area contributed by atoms with Gasteiger partial charge in [-0.25, -0.2) is 4.98 Å². The van der Waals surface area contributed by atoms with Crippen molar-refractivity contribution >= 4 is 5.70 Å². The van der Waals surface area contributed by atoms with Gasteiger partial charge in [0.05, 0.1) is 24.3 Å². The van der Waals surface area contributed by atoms with Gasteiger partial charge in [-0.1, -0.05) is 11.7 Å². The maximum atomic E-state index is 10.0. The van der Waals surface area contributed by atoms with E-state index in [0.717, 1.165) is 28.8 Å². The maximum Gasteiger partial charge on any atom is 0.213 e. The first-order valence-corrected chi connectivity index (χ1v) is 10.2. The van der Waals surface area contributed by atoms with Gasteiger partial charge in [0.2, 0.25) is 5.88 Å². The molecule has 1 aliphatic rings. The zero-order chi connectivity index (χ0) is 21.8. The number of rotatable bonds is 7. The van der Waals surface area contributed by atoms with Crippen LogP contribution in [0, 0.1) is 13.8 Å². The Morgan fingerprint density at radius 1 is 1.23 bits per heavy atom. The van der Waals surface area contributed by atoms with Crippen LogP contribution in [-0.4, -0.2) is 45.6 Å². The molecule has 4 rings (SSSR count). The van der Waals surface area contributed by atoms with E-state index < -0.39 is 6.10 Å². The summed E-state index contributed by atoms with van der Waals surface area (Å²) in [6, 6.07) is 7.49. The third-order valence-corrected chi connectivity index (χ3v) is 5.30. The summed E-state index contributed by atoms with van der Waals surface area (Å²) in [6.07, 6.45) is 3.65. The van der Waals surface area contributed by atoms with Gasteiger partial charge >= 0.3 is 0 Å². The van der Waals surface area contributed by atoms with E-state index in [4.69, 9.17) is 14.0 Å². The van der Waals surface area contributed by atoms with Crippen molar-refractivity contribution in [3.8, 4) is 17.1 Å². The van der Waals surface area contributed by atoms with Crippen molar-refractivity contribution in [1.82, 2.24) is 20.4 Å². The molecule has 8 heteroatoms. The Morgan fingerprint density at radius 3 is 2.81 bits per heavy atom. The summed E-state index contributed by atoms with van der Waals surface area (Å²) in [4.78, 5) is 8.71. The van der Waals surface area contributed by atoms with E-state index in [1.54, 1.807) is 18.5 Å². The normalized spacial score (nSPS) is 18.5. The molecule has 8 nitrogen and oxygen atoms in total. The minimum atomic E-state index is -0.550. The van der Waals surface area contributed by atoms with Gasteiger partial charge in [0.15, 0.2) is 0 Å². The highest BCUT2D eigenvalue weighted by Gasteiger charge is 2.24. The Labute approximate surface area is 180 Å². The number of hydrogen-bond donors (Lipinski definition) is 2. The summed E-state index contributed by atoms with van der Waals surface area (Å²) in [6.45, 7) is 9.08. The van der Waals surface area contributed by atoms with Crippen LogP contribution in [0.25, 0.3) is 17.0 Å². The molecule has 1 fully saturated rings. The summed E-state index contributed by atoms with van der Waals surface area (Å²) < 4.78 is 16.5. The quantitative estimate of drug-likeness (QED) is 0.599. The fourth-order valence-corrected chi connectivity index (χ4v) is 3.38. The van der Waals surface area contributed by atoms with Crippen LogP contribution >= 0.6 is 0 Å². The van der Waals surface area contributed by atoms with Crippen molar-refractivity contribution in [2.24, 2.45) is 0 Å². The molecule has 3 aromatic rings. The molecular formula is C23H26N4O4. The lowest BCUT2D eigenvalue weighted by Gasteiger charge is -2.30. The van der Waals surface area contributed by atoms with Crippen molar-refractivity contribution in [3.63, 3.8) is 0 Å². The number of aryl methyl sites for hydroxylation is 2. The first kappa shape index (κ1) is 21.0. The van der Waals surface area contributed by atoms with Crippen molar-refractivity contribution in [3.05, 3.63) is 65.8 Å². The number of aliphatic hydroxyl groups is 1. The average molecular weight is 422 g/mol. The highest BCUT2D eigenvalue weighted by Crippen LogP contribution is 2.26. The van der Waals surface area contributed by atoms with Crippen LogP contribution in [0.3, 0.4) is 0 Å². The number of aliphatic hydroxyl groups excluding tert-OH is 1. The zero-order valence-electron chi connectivity index (χ0n) is 17.7. The molecule has 31 heavy (non-hydrogen) atoms. The van der Waals surface area contributed by atoms with E-state index in [2.05, 4.69) is 27.0 Å². The first-order valence-electron chi connectivity index (χ1n) is 10.2. The standard InChI is InChI=1S/C23H26N4O4/c1-14-4-5-18(11-24-14)23-19(16(3)31-27-23)12-30-22-7-6-17(10-25-22)15(2)26-20-8-9-29-13-21(20)28/h4-7,10-11,20-21,26,28H,2,8-9,12-13H2,1,3H3/t20-,21-/m0/s1. The molecule has 4 heterocycles. The zero-order valence-corrected chi connectivity index (χ0v) is 17.7. The molecule has 0 spiro atoms. The van der Waals surface area contributed by atoms with E-state index in [1.165, 1.54) is 0 Å². The van der Waals surface area contributed by atoms with Crippen molar-refractivity contribution < 1.29 is 19.1 Å². The second kappa shape index (κ2) is 9.28. The summed E-state index contributed by atoms with van der Waals surface area (Å²) >= 11 is 0. The molecule has 2 atom stereocenters. The Bertz CT molecular complexity index is 1030. The summed E-state index contributed by atoms with van der Waals surface area (Å²) in [5.41, 5.74) is 4.92. The topological polar surface area (TPSA) is 103 Å². The lowest BCUT2D eigenvalue weighted by atomic mass is 10.1. The van der Waals surface area contributed by atoms with Crippen LogP contribution in [0.15, 0.2) is 47.8 Å². The number of aromatic nitrogens is 3. The van der Waals surface area contributed by atoms with Crippen LogP contribution in [0.4, 0.5) is 0 Å². The Hall–Kier alpha value is -3.23. The lowest BCUT2D eigenvalue weighted by Crippen LogP contribution is -2.45.